The van der Waals surface area contributed by atoms with Crippen molar-refractivity contribution in [3.63, 3.8) is 0 Å². The lowest BCUT2D eigenvalue weighted by atomic mass is 10.1. The molecule has 2 aromatic rings. The number of carbonyl (C=O) groups excluding carboxylic acids is 1. The zero-order valence-electron chi connectivity index (χ0n) is 16.9. The minimum Gasteiger partial charge on any atom is -0.456 e. The largest absolute Gasteiger partial charge is 0.456 e. The first-order valence-electron chi connectivity index (χ1n) is 9.83. The maximum atomic E-state index is 12.5. The minimum absolute atomic E-state index is 0.187. The van der Waals surface area contributed by atoms with Gasteiger partial charge in [-0.3, -0.25) is 0 Å². The molecule has 2 aromatic carbocycles. The van der Waals surface area contributed by atoms with Crippen molar-refractivity contribution in [2.45, 2.75) is 52.0 Å². The SMILES string of the molecule is CC(C)[C@H]1OC[C@@H](OCc2ccc(I)cc2)[C@@H](C(C)OC(=O)c2ccccc2)O1. The zero-order chi connectivity index (χ0) is 20.8. The van der Waals surface area contributed by atoms with Crippen LogP contribution in [0.2, 0.25) is 0 Å². The van der Waals surface area contributed by atoms with E-state index in [9.17, 15) is 4.79 Å². The molecule has 0 aliphatic carbocycles. The second-order valence-corrected chi connectivity index (χ2v) is 8.74. The molecule has 1 aliphatic rings. The Bertz CT molecular complexity index is 778. The first-order chi connectivity index (χ1) is 13.9. The number of carbonyl (C=O) groups is 1. The Morgan fingerprint density at radius 3 is 2.45 bits per heavy atom. The summed E-state index contributed by atoms with van der Waals surface area (Å²) in [7, 11) is 0. The molecule has 0 bridgehead atoms. The van der Waals surface area contributed by atoms with E-state index in [-0.39, 0.29) is 24.3 Å². The highest BCUT2D eigenvalue weighted by molar-refractivity contribution is 14.1. The molecule has 1 heterocycles. The van der Waals surface area contributed by atoms with Crippen molar-refractivity contribution in [3.05, 3.63) is 69.3 Å². The third kappa shape index (κ3) is 6.25. The van der Waals surface area contributed by atoms with Crippen LogP contribution in [-0.4, -0.2) is 37.2 Å². The van der Waals surface area contributed by atoms with Crippen LogP contribution >= 0.6 is 22.6 Å². The first kappa shape index (κ1) is 22.2. The van der Waals surface area contributed by atoms with E-state index in [1.54, 1.807) is 12.1 Å². The molecular formula is C23H27IO5. The highest BCUT2D eigenvalue weighted by atomic mass is 127. The van der Waals surface area contributed by atoms with E-state index < -0.39 is 12.2 Å². The fourth-order valence-corrected chi connectivity index (χ4v) is 3.49. The Balaban J connectivity index is 1.67. The van der Waals surface area contributed by atoms with Crippen molar-refractivity contribution in [1.29, 1.82) is 0 Å². The molecule has 0 radical (unpaired) electrons. The van der Waals surface area contributed by atoms with Crippen LogP contribution in [0.5, 0.6) is 0 Å². The highest BCUT2D eigenvalue weighted by Gasteiger charge is 2.39. The molecule has 29 heavy (non-hydrogen) atoms. The van der Waals surface area contributed by atoms with Gasteiger partial charge < -0.3 is 18.9 Å². The summed E-state index contributed by atoms with van der Waals surface area (Å²) in [5, 5.41) is 0. The van der Waals surface area contributed by atoms with Crippen molar-refractivity contribution in [2.75, 3.05) is 6.61 Å². The van der Waals surface area contributed by atoms with Gasteiger partial charge in [0.2, 0.25) is 0 Å². The normalized spacial score (nSPS) is 23.0. The predicted octanol–water partition coefficient (Wildman–Crippen LogP) is 4.82. The molecule has 0 spiro atoms. The molecule has 5 nitrogen and oxygen atoms in total. The zero-order valence-corrected chi connectivity index (χ0v) is 19.1. The van der Waals surface area contributed by atoms with Crippen molar-refractivity contribution >= 4 is 28.6 Å². The summed E-state index contributed by atoms with van der Waals surface area (Å²) in [4.78, 5) is 12.5. The van der Waals surface area contributed by atoms with E-state index in [1.165, 1.54) is 3.57 Å². The monoisotopic (exact) mass is 510 g/mol. The van der Waals surface area contributed by atoms with Crippen LogP contribution < -0.4 is 0 Å². The van der Waals surface area contributed by atoms with E-state index in [4.69, 9.17) is 18.9 Å². The first-order valence-corrected chi connectivity index (χ1v) is 10.9. The molecule has 0 amide bonds. The summed E-state index contributed by atoms with van der Waals surface area (Å²) < 4.78 is 25.0. The number of hydrogen-bond acceptors (Lipinski definition) is 5. The number of ether oxygens (including phenoxy) is 4. The molecule has 1 unspecified atom stereocenters. The van der Waals surface area contributed by atoms with E-state index in [0.29, 0.717) is 18.8 Å². The van der Waals surface area contributed by atoms with Gasteiger partial charge in [0.1, 0.15) is 18.3 Å². The lowest BCUT2D eigenvalue weighted by molar-refractivity contribution is -0.291. The summed E-state index contributed by atoms with van der Waals surface area (Å²) >= 11 is 2.27. The molecule has 3 rings (SSSR count). The molecule has 0 N–H and O–H groups in total. The van der Waals surface area contributed by atoms with E-state index in [1.807, 2.05) is 63.2 Å². The van der Waals surface area contributed by atoms with Crippen molar-refractivity contribution < 1.29 is 23.7 Å². The van der Waals surface area contributed by atoms with Crippen molar-refractivity contribution in [2.24, 2.45) is 5.92 Å². The highest BCUT2D eigenvalue weighted by Crippen LogP contribution is 2.26. The number of rotatable bonds is 7. The quantitative estimate of drug-likeness (QED) is 0.395. The number of hydrogen-bond donors (Lipinski definition) is 0. The van der Waals surface area contributed by atoms with Gasteiger partial charge in [0, 0.05) is 9.49 Å². The van der Waals surface area contributed by atoms with Gasteiger partial charge in [-0.2, -0.15) is 0 Å². The van der Waals surface area contributed by atoms with Crippen molar-refractivity contribution in [3.8, 4) is 0 Å². The lowest BCUT2D eigenvalue weighted by Crippen LogP contribution is -2.52. The van der Waals surface area contributed by atoms with Crippen LogP contribution in [-0.2, 0) is 25.6 Å². The maximum absolute atomic E-state index is 12.5. The number of esters is 1. The summed E-state index contributed by atoms with van der Waals surface area (Å²) in [6.07, 6.45) is -1.57. The molecule has 0 saturated carbocycles. The fraction of sp³-hybridized carbons (Fsp3) is 0.435. The van der Waals surface area contributed by atoms with Crippen molar-refractivity contribution in [1.82, 2.24) is 0 Å². The van der Waals surface area contributed by atoms with E-state index in [2.05, 4.69) is 22.6 Å². The average Bonchev–Trinajstić information content (AvgIpc) is 2.73. The van der Waals surface area contributed by atoms with Crippen LogP contribution in [0.4, 0.5) is 0 Å². The Hall–Kier alpha value is -1.48. The van der Waals surface area contributed by atoms with Gasteiger partial charge in [-0.1, -0.05) is 44.2 Å². The molecule has 1 fully saturated rings. The van der Waals surface area contributed by atoms with E-state index in [0.717, 1.165) is 5.56 Å². The van der Waals surface area contributed by atoms with Gasteiger partial charge in [0.25, 0.3) is 0 Å². The summed E-state index contributed by atoms with van der Waals surface area (Å²) in [5.74, 6) is -0.183. The molecule has 156 valence electrons. The number of halogens is 1. The predicted molar refractivity (Wildman–Crippen MR) is 119 cm³/mol. The lowest BCUT2D eigenvalue weighted by Gasteiger charge is -2.40. The summed E-state index contributed by atoms with van der Waals surface area (Å²) in [6, 6.07) is 17.1. The molecule has 4 atom stereocenters. The smallest absolute Gasteiger partial charge is 0.338 e. The third-order valence-electron chi connectivity index (χ3n) is 4.77. The van der Waals surface area contributed by atoms with Gasteiger partial charge in [0.15, 0.2) is 6.29 Å². The Labute approximate surface area is 185 Å². The number of benzene rings is 2. The molecule has 1 aliphatic heterocycles. The average molecular weight is 510 g/mol. The Morgan fingerprint density at radius 2 is 1.79 bits per heavy atom. The van der Waals surface area contributed by atoms with Crippen LogP contribution in [0.3, 0.4) is 0 Å². The second kappa shape index (κ2) is 10.5. The molecule has 1 saturated heterocycles. The van der Waals surface area contributed by atoms with Crippen LogP contribution in [0.1, 0.15) is 36.7 Å². The Kier molecular flexibility index (Phi) is 8.06. The second-order valence-electron chi connectivity index (χ2n) is 7.50. The Morgan fingerprint density at radius 1 is 1.10 bits per heavy atom. The van der Waals surface area contributed by atoms with Crippen LogP contribution in [0.25, 0.3) is 0 Å². The topological polar surface area (TPSA) is 54.0 Å². The van der Waals surface area contributed by atoms with Crippen LogP contribution in [0, 0.1) is 9.49 Å². The van der Waals surface area contributed by atoms with Gasteiger partial charge in [-0.25, -0.2) is 4.79 Å². The van der Waals surface area contributed by atoms with Gasteiger partial charge >= 0.3 is 5.97 Å². The molecule has 6 heteroatoms. The molecule has 0 aromatic heterocycles. The van der Waals surface area contributed by atoms with Gasteiger partial charge in [-0.15, -0.1) is 0 Å². The van der Waals surface area contributed by atoms with Crippen LogP contribution in [0.15, 0.2) is 54.6 Å². The maximum Gasteiger partial charge on any atom is 0.338 e. The summed E-state index contributed by atoms with van der Waals surface area (Å²) in [6.45, 7) is 6.75. The fourth-order valence-electron chi connectivity index (χ4n) is 3.13. The van der Waals surface area contributed by atoms with Gasteiger partial charge in [0.05, 0.1) is 18.8 Å². The standard InChI is InChI=1S/C23H27IO5/c1-15(2)23-27-14-20(26-13-17-9-11-19(24)12-10-17)21(29-23)16(3)28-22(25)18-7-5-4-6-8-18/h4-12,15-16,20-21,23H,13-14H2,1-3H3/t16?,20-,21-,23+/m1/s1. The minimum atomic E-state index is -0.477. The summed E-state index contributed by atoms with van der Waals surface area (Å²) in [5.41, 5.74) is 1.59. The third-order valence-corrected chi connectivity index (χ3v) is 5.49. The van der Waals surface area contributed by atoms with E-state index >= 15 is 0 Å². The van der Waals surface area contributed by atoms with Gasteiger partial charge in [-0.05, 0) is 59.3 Å². The molecular weight excluding hydrogens is 483 g/mol.